The monoisotopic (exact) mass is 245 g/mol. The van der Waals surface area contributed by atoms with Crippen molar-refractivity contribution in [1.82, 2.24) is 9.88 Å². The molecule has 2 heterocycles. The number of thiazole rings is 1. The standard InChI is InChI=1S/C13H15N3S/c1-9(13-15-4-5-17-13)16-7-10-2-3-12(14)6-11(10)8-16/h2-6,9H,7-8,14H2,1H3. The van der Waals surface area contributed by atoms with Crippen molar-refractivity contribution >= 4 is 17.0 Å². The van der Waals surface area contributed by atoms with Gasteiger partial charge in [0.05, 0.1) is 6.04 Å². The van der Waals surface area contributed by atoms with Gasteiger partial charge in [-0.15, -0.1) is 11.3 Å². The summed E-state index contributed by atoms with van der Waals surface area (Å²) in [6.07, 6.45) is 1.87. The van der Waals surface area contributed by atoms with E-state index in [-0.39, 0.29) is 0 Å². The maximum atomic E-state index is 5.82. The third kappa shape index (κ3) is 1.94. The molecular weight excluding hydrogens is 230 g/mol. The van der Waals surface area contributed by atoms with E-state index in [0.717, 1.165) is 18.8 Å². The van der Waals surface area contributed by atoms with Crippen molar-refractivity contribution in [2.75, 3.05) is 5.73 Å². The summed E-state index contributed by atoms with van der Waals surface area (Å²) >= 11 is 1.72. The van der Waals surface area contributed by atoms with Gasteiger partial charge in [-0.05, 0) is 30.2 Å². The molecule has 0 aliphatic carbocycles. The van der Waals surface area contributed by atoms with Gasteiger partial charge in [-0.1, -0.05) is 6.07 Å². The van der Waals surface area contributed by atoms with Crippen LogP contribution in [0.3, 0.4) is 0 Å². The lowest BCUT2D eigenvalue weighted by Crippen LogP contribution is -2.20. The first-order chi connectivity index (χ1) is 8.24. The first-order valence-electron chi connectivity index (χ1n) is 5.75. The van der Waals surface area contributed by atoms with Crippen LogP contribution >= 0.6 is 11.3 Å². The number of hydrogen-bond donors (Lipinski definition) is 1. The molecule has 2 N–H and O–H groups in total. The number of benzene rings is 1. The van der Waals surface area contributed by atoms with Gasteiger partial charge in [0.1, 0.15) is 5.01 Å². The normalized spacial score (nSPS) is 17.0. The summed E-state index contributed by atoms with van der Waals surface area (Å²) in [5.74, 6) is 0. The second kappa shape index (κ2) is 4.13. The Morgan fingerprint density at radius 2 is 2.18 bits per heavy atom. The smallest absolute Gasteiger partial charge is 0.109 e. The van der Waals surface area contributed by atoms with Gasteiger partial charge < -0.3 is 5.73 Å². The third-order valence-electron chi connectivity index (χ3n) is 3.33. The molecule has 3 rings (SSSR count). The minimum atomic E-state index is 0.378. The van der Waals surface area contributed by atoms with Crippen LogP contribution in [0.5, 0.6) is 0 Å². The van der Waals surface area contributed by atoms with Gasteiger partial charge >= 0.3 is 0 Å². The van der Waals surface area contributed by atoms with E-state index in [0.29, 0.717) is 6.04 Å². The highest BCUT2D eigenvalue weighted by Crippen LogP contribution is 2.32. The molecule has 0 fully saturated rings. The predicted octanol–water partition coefficient (Wildman–Crippen LogP) is 2.80. The zero-order valence-electron chi connectivity index (χ0n) is 9.76. The van der Waals surface area contributed by atoms with E-state index in [1.165, 1.54) is 16.1 Å². The Labute approximate surface area is 105 Å². The zero-order chi connectivity index (χ0) is 11.8. The van der Waals surface area contributed by atoms with Crippen LogP contribution in [0.25, 0.3) is 0 Å². The molecule has 0 amide bonds. The number of anilines is 1. The first kappa shape index (κ1) is 10.7. The molecule has 1 aromatic carbocycles. The lowest BCUT2D eigenvalue weighted by molar-refractivity contribution is 0.214. The van der Waals surface area contributed by atoms with E-state index >= 15 is 0 Å². The van der Waals surface area contributed by atoms with E-state index in [1.807, 2.05) is 17.6 Å². The molecule has 1 aliphatic heterocycles. The van der Waals surface area contributed by atoms with Crippen molar-refractivity contribution < 1.29 is 0 Å². The van der Waals surface area contributed by atoms with Crippen molar-refractivity contribution in [3.8, 4) is 0 Å². The van der Waals surface area contributed by atoms with E-state index < -0.39 is 0 Å². The zero-order valence-corrected chi connectivity index (χ0v) is 10.6. The van der Waals surface area contributed by atoms with Crippen molar-refractivity contribution in [3.05, 3.63) is 45.9 Å². The Hall–Kier alpha value is -1.39. The Morgan fingerprint density at radius 3 is 2.94 bits per heavy atom. The summed E-state index contributed by atoms with van der Waals surface area (Å²) in [6, 6.07) is 6.59. The van der Waals surface area contributed by atoms with Gasteiger partial charge in [0.15, 0.2) is 0 Å². The Balaban J connectivity index is 1.82. The maximum absolute atomic E-state index is 5.82. The van der Waals surface area contributed by atoms with Gasteiger partial charge in [-0.3, -0.25) is 4.90 Å². The molecule has 0 saturated carbocycles. The van der Waals surface area contributed by atoms with E-state index in [4.69, 9.17) is 5.73 Å². The molecule has 2 aromatic rings. The fourth-order valence-electron chi connectivity index (χ4n) is 2.31. The summed E-state index contributed by atoms with van der Waals surface area (Å²) in [4.78, 5) is 6.83. The predicted molar refractivity (Wildman–Crippen MR) is 70.6 cm³/mol. The van der Waals surface area contributed by atoms with E-state index in [9.17, 15) is 0 Å². The minimum absolute atomic E-state index is 0.378. The van der Waals surface area contributed by atoms with E-state index in [2.05, 4.69) is 28.9 Å². The molecule has 0 bridgehead atoms. The number of rotatable bonds is 2. The second-order valence-electron chi connectivity index (χ2n) is 4.48. The van der Waals surface area contributed by atoms with Crippen molar-refractivity contribution in [2.24, 2.45) is 0 Å². The SMILES string of the molecule is CC(c1nccs1)N1Cc2ccc(N)cc2C1. The molecule has 1 aliphatic rings. The number of nitrogens with zero attached hydrogens (tertiary/aromatic N) is 2. The van der Waals surface area contributed by atoms with Gasteiger partial charge in [-0.2, -0.15) is 0 Å². The minimum Gasteiger partial charge on any atom is -0.399 e. The summed E-state index contributed by atoms with van der Waals surface area (Å²) in [6.45, 7) is 4.19. The summed E-state index contributed by atoms with van der Waals surface area (Å²) in [5, 5.41) is 3.22. The van der Waals surface area contributed by atoms with Crippen LogP contribution in [0.2, 0.25) is 0 Å². The highest BCUT2D eigenvalue weighted by Gasteiger charge is 2.25. The molecule has 17 heavy (non-hydrogen) atoms. The second-order valence-corrected chi connectivity index (χ2v) is 5.41. The van der Waals surface area contributed by atoms with Crippen molar-refractivity contribution in [3.63, 3.8) is 0 Å². The third-order valence-corrected chi connectivity index (χ3v) is 4.28. The number of hydrogen-bond acceptors (Lipinski definition) is 4. The maximum Gasteiger partial charge on any atom is 0.109 e. The molecule has 88 valence electrons. The largest absolute Gasteiger partial charge is 0.399 e. The average Bonchev–Trinajstić information content (AvgIpc) is 2.96. The Morgan fingerprint density at radius 1 is 1.35 bits per heavy atom. The molecule has 1 atom stereocenters. The van der Waals surface area contributed by atoms with Gasteiger partial charge in [0, 0.05) is 30.4 Å². The lowest BCUT2D eigenvalue weighted by Gasteiger charge is -2.21. The molecular formula is C13H15N3S. The van der Waals surface area contributed by atoms with Crippen molar-refractivity contribution in [2.45, 2.75) is 26.1 Å². The topological polar surface area (TPSA) is 42.2 Å². The van der Waals surface area contributed by atoms with Crippen LogP contribution in [-0.4, -0.2) is 9.88 Å². The molecule has 4 heteroatoms. The first-order valence-corrected chi connectivity index (χ1v) is 6.63. The summed E-state index contributed by atoms with van der Waals surface area (Å²) < 4.78 is 0. The number of nitrogens with two attached hydrogens (primary N) is 1. The molecule has 0 saturated heterocycles. The van der Waals surface area contributed by atoms with E-state index in [1.54, 1.807) is 11.3 Å². The van der Waals surface area contributed by atoms with Crippen LogP contribution < -0.4 is 5.73 Å². The van der Waals surface area contributed by atoms with Crippen molar-refractivity contribution in [1.29, 1.82) is 0 Å². The highest BCUT2D eigenvalue weighted by molar-refractivity contribution is 7.09. The average molecular weight is 245 g/mol. The van der Waals surface area contributed by atoms with Gasteiger partial charge in [-0.25, -0.2) is 4.98 Å². The number of fused-ring (bicyclic) bond motifs is 1. The molecule has 1 unspecified atom stereocenters. The Kier molecular flexibility index (Phi) is 2.61. The summed E-state index contributed by atoms with van der Waals surface area (Å²) in [7, 11) is 0. The molecule has 3 nitrogen and oxygen atoms in total. The van der Waals surface area contributed by atoms with Crippen LogP contribution in [-0.2, 0) is 13.1 Å². The fourth-order valence-corrected chi connectivity index (χ4v) is 3.04. The highest BCUT2D eigenvalue weighted by atomic mass is 32.1. The van der Waals surface area contributed by atoms with Crippen LogP contribution in [0.15, 0.2) is 29.8 Å². The quantitative estimate of drug-likeness (QED) is 0.827. The lowest BCUT2D eigenvalue weighted by atomic mass is 10.1. The number of aromatic nitrogens is 1. The van der Waals surface area contributed by atoms with Crippen LogP contribution in [0, 0.1) is 0 Å². The van der Waals surface area contributed by atoms with Gasteiger partial charge in [0.2, 0.25) is 0 Å². The molecule has 0 spiro atoms. The Bertz CT molecular complexity index is 521. The fraction of sp³-hybridized carbons (Fsp3) is 0.308. The van der Waals surface area contributed by atoms with Gasteiger partial charge in [0.25, 0.3) is 0 Å². The molecule has 0 radical (unpaired) electrons. The molecule has 1 aromatic heterocycles. The van der Waals surface area contributed by atoms with Crippen LogP contribution in [0.1, 0.15) is 29.1 Å². The number of nitrogen functional groups attached to an aromatic ring is 1. The summed E-state index contributed by atoms with van der Waals surface area (Å²) in [5.41, 5.74) is 9.42. The van der Waals surface area contributed by atoms with Crippen LogP contribution in [0.4, 0.5) is 5.69 Å².